The summed E-state index contributed by atoms with van der Waals surface area (Å²) in [6.45, 7) is 21.3. The first kappa shape index (κ1) is 77.4. The Balaban J connectivity index is 0.000000526. The Morgan fingerprint density at radius 1 is 0.356 bits per heavy atom. The van der Waals surface area contributed by atoms with E-state index in [1.54, 1.807) is 37.3 Å². The lowest BCUT2D eigenvalue weighted by Gasteiger charge is -2.06. The first-order valence-electron chi connectivity index (χ1n) is 26.5. The SMILES string of the molecule is C/C=C/COC(=O)C1COC(=O)O1.C/C=C/OC(=O)C1COC(=O)O1.C=CCCCCOC(=O)C1COC(=O)O1.C=CCCCOC(=O)C1COC(=O)O1.C=CCCOC(=O)C1COC(=O)O1.C=CCOC(=O)C1COC(=O)O1.C=COC(=O)C1COC(=O)O1. The average molecular weight is 1290 g/mol. The van der Waals surface area contributed by atoms with E-state index in [1.807, 2.05) is 13.0 Å². The number of hydrogen-bond donors (Lipinski definition) is 0. The molecule has 35 nitrogen and oxygen atoms in total. The van der Waals surface area contributed by atoms with E-state index in [1.165, 1.54) is 12.3 Å². The third kappa shape index (κ3) is 34.5. The van der Waals surface area contributed by atoms with Crippen molar-refractivity contribution in [2.75, 3.05) is 79.3 Å². The second-order valence-electron chi connectivity index (χ2n) is 16.6. The Morgan fingerprint density at radius 3 is 0.956 bits per heavy atom. The van der Waals surface area contributed by atoms with Crippen molar-refractivity contribution in [3.63, 3.8) is 0 Å². The Hall–Kier alpha value is -10.6. The molecule has 7 fully saturated rings. The van der Waals surface area contributed by atoms with Crippen molar-refractivity contribution in [2.45, 2.75) is 95.1 Å². The van der Waals surface area contributed by atoms with Gasteiger partial charge in [-0.25, -0.2) is 67.1 Å². The molecule has 90 heavy (non-hydrogen) atoms. The van der Waals surface area contributed by atoms with Crippen LogP contribution in [0.4, 0.5) is 33.6 Å². The van der Waals surface area contributed by atoms with E-state index in [0.717, 1.165) is 38.4 Å². The predicted octanol–water partition coefficient (Wildman–Crippen LogP) is 4.79. The van der Waals surface area contributed by atoms with Crippen molar-refractivity contribution in [1.29, 1.82) is 0 Å². The van der Waals surface area contributed by atoms with Crippen LogP contribution in [0.2, 0.25) is 0 Å². The van der Waals surface area contributed by atoms with Gasteiger partial charge in [-0.1, -0.05) is 55.7 Å². The zero-order valence-corrected chi connectivity index (χ0v) is 48.8. The molecule has 0 aromatic rings. The zero-order valence-electron chi connectivity index (χ0n) is 48.8. The monoisotopic (exact) mass is 1290 g/mol. The van der Waals surface area contributed by atoms with Gasteiger partial charge in [0.05, 0.1) is 32.3 Å². The van der Waals surface area contributed by atoms with E-state index in [0.29, 0.717) is 19.6 Å². The fourth-order valence-electron chi connectivity index (χ4n) is 5.52. The molecule has 0 aromatic heterocycles. The summed E-state index contributed by atoms with van der Waals surface area (Å²) >= 11 is 0. The summed E-state index contributed by atoms with van der Waals surface area (Å²) < 4.78 is 94.9. The Morgan fingerprint density at radius 2 is 0.656 bits per heavy atom. The van der Waals surface area contributed by atoms with Crippen LogP contribution >= 0.6 is 0 Å². The van der Waals surface area contributed by atoms with Gasteiger partial charge in [-0.05, 0) is 52.4 Å². The first-order valence-corrected chi connectivity index (χ1v) is 26.5. The molecule has 7 saturated heterocycles. The number of unbranched alkanes of at least 4 members (excludes halogenated alkanes) is 3. The summed E-state index contributed by atoms with van der Waals surface area (Å²) in [5.74, 6) is -4.17. The molecule has 7 unspecified atom stereocenters. The molecule has 7 aliphatic heterocycles. The number of hydrogen-bond acceptors (Lipinski definition) is 35. The van der Waals surface area contributed by atoms with Crippen molar-refractivity contribution < 1.29 is 167 Å². The van der Waals surface area contributed by atoms with Crippen molar-refractivity contribution in [3.05, 3.63) is 88.0 Å². The molecule has 7 rings (SSSR count). The Bertz CT molecular complexity index is 2510. The first-order chi connectivity index (χ1) is 43.2. The van der Waals surface area contributed by atoms with E-state index in [9.17, 15) is 67.1 Å². The maximum atomic E-state index is 11.2. The third-order valence-electron chi connectivity index (χ3n) is 9.81. The molecule has 0 N–H and O–H groups in total. The van der Waals surface area contributed by atoms with Gasteiger partial charge in [0.2, 0.25) is 42.7 Å². The predicted molar refractivity (Wildman–Crippen MR) is 289 cm³/mol. The highest BCUT2D eigenvalue weighted by Crippen LogP contribution is 2.13. The molecule has 35 heteroatoms. The van der Waals surface area contributed by atoms with E-state index in [2.05, 4.69) is 113 Å². The number of carbonyl (C=O) groups excluding carboxylic acids is 14. The molecular formula is C55H68O35. The number of allylic oxidation sites excluding steroid dienone is 4. The number of esters is 7. The van der Waals surface area contributed by atoms with Crippen LogP contribution in [0.25, 0.3) is 0 Å². The van der Waals surface area contributed by atoms with Crippen molar-refractivity contribution in [3.8, 4) is 0 Å². The minimum absolute atomic E-state index is 0.0513. The number of rotatable bonds is 25. The summed E-state index contributed by atoms with van der Waals surface area (Å²) in [4.78, 5) is 150. The second kappa shape index (κ2) is 46.6. The molecule has 7 aliphatic rings. The second-order valence-corrected chi connectivity index (χ2v) is 16.6. The molecule has 0 bridgehead atoms. The number of carbonyl (C=O) groups is 14. The van der Waals surface area contributed by atoms with Crippen LogP contribution in [-0.2, 0) is 133 Å². The van der Waals surface area contributed by atoms with Crippen LogP contribution < -0.4 is 0 Å². The molecule has 7 atom stereocenters. The van der Waals surface area contributed by atoms with Gasteiger partial charge in [-0.15, -0.1) is 19.7 Å². The maximum Gasteiger partial charge on any atom is 0.509 e. The Kier molecular flexibility index (Phi) is 40.0. The van der Waals surface area contributed by atoms with E-state index in [4.69, 9.17) is 18.9 Å². The van der Waals surface area contributed by atoms with Crippen LogP contribution in [0, 0.1) is 0 Å². The molecule has 0 radical (unpaired) electrons. The maximum absolute atomic E-state index is 11.2. The minimum atomic E-state index is -0.944. The van der Waals surface area contributed by atoms with E-state index >= 15 is 0 Å². The highest BCUT2D eigenvalue weighted by molar-refractivity contribution is 5.83. The number of cyclic esters (lactones) is 14. The van der Waals surface area contributed by atoms with Gasteiger partial charge in [0, 0.05) is 0 Å². The van der Waals surface area contributed by atoms with Gasteiger partial charge in [0.25, 0.3) is 0 Å². The van der Waals surface area contributed by atoms with Crippen molar-refractivity contribution in [2.24, 2.45) is 0 Å². The fourth-order valence-corrected chi connectivity index (χ4v) is 5.52. The molecular weight excluding hydrogens is 1220 g/mol. The highest BCUT2D eigenvalue weighted by atomic mass is 16.8. The highest BCUT2D eigenvalue weighted by Gasteiger charge is 2.37. The van der Waals surface area contributed by atoms with E-state index in [-0.39, 0.29) is 66.1 Å². The van der Waals surface area contributed by atoms with Crippen molar-refractivity contribution >= 4 is 84.9 Å². The van der Waals surface area contributed by atoms with Crippen LogP contribution in [0.5, 0.6) is 0 Å². The molecule has 0 amide bonds. The van der Waals surface area contributed by atoms with Gasteiger partial charge >= 0.3 is 84.9 Å². The molecule has 498 valence electrons. The molecule has 0 aliphatic carbocycles. The van der Waals surface area contributed by atoms with Crippen molar-refractivity contribution in [1.82, 2.24) is 0 Å². The topological polar surface area (TPSA) is 433 Å². The molecule has 0 spiro atoms. The van der Waals surface area contributed by atoms with E-state index < -0.39 is 128 Å². The molecule has 0 aromatic carbocycles. The van der Waals surface area contributed by atoms with Crippen LogP contribution in [0.3, 0.4) is 0 Å². The van der Waals surface area contributed by atoms with Gasteiger partial charge < -0.3 is 99.5 Å². The zero-order chi connectivity index (χ0) is 67.1. The lowest BCUT2D eigenvalue weighted by molar-refractivity contribution is -0.152. The van der Waals surface area contributed by atoms with Gasteiger partial charge in [0.15, 0.2) is 0 Å². The summed E-state index contributed by atoms with van der Waals surface area (Å²) in [6, 6.07) is 0. The summed E-state index contributed by atoms with van der Waals surface area (Å²) in [5.41, 5.74) is 0. The summed E-state index contributed by atoms with van der Waals surface area (Å²) in [6.07, 6.45) is 6.27. The van der Waals surface area contributed by atoms with Gasteiger partial charge in [0.1, 0.15) is 59.5 Å². The van der Waals surface area contributed by atoms with Crippen LogP contribution in [0.1, 0.15) is 52.4 Å². The average Bonchev–Trinajstić information content (AvgIpc) is 4.61. The fraction of sp³-hybridized carbons (Fsp3) is 0.491. The largest absolute Gasteiger partial charge is 0.509 e. The quantitative estimate of drug-likeness (QED) is 0.0389. The lowest BCUT2D eigenvalue weighted by Crippen LogP contribution is -2.25. The molecule has 0 saturated carbocycles. The smallest absolute Gasteiger partial charge is 0.463 e. The number of ether oxygens (including phenoxy) is 21. The van der Waals surface area contributed by atoms with Gasteiger partial charge in [-0.3, -0.25) is 0 Å². The summed E-state index contributed by atoms with van der Waals surface area (Å²) in [5, 5.41) is 0. The third-order valence-corrected chi connectivity index (χ3v) is 9.81. The normalized spacial score (nSPS) is 20.7. The standard InChI is InChI=1S/C10H14O5.C9H12O5.2C8H10O5.2C7H8O5.C6H6O5/c1-2-3-4-5-6-13-9(11)8-7-14-10(12)15-8;1-2-3-4-5-12-8(10)7-6-13-9(11)14-7;2*1-2-3-4-11-7(9)6-5-12-8(10)13-6;2*1-2-3-10-6(8)5-4-11-7(9)12-5;1-2-9-5(7)4-3-10-6(8)11-4/h2,8H,1,3-7H2;2,7H,1,3-6H2;2-3,6H,4-5H2,1H3;2,6H,1,3-5H2;2-3,5H,4H2,1H3;2,5H,1,3-4H2;2,4H,1,3H2/b;;3-2+;;3-2+;;. The summed E-state index contributed by atoms with van der Waals surface area (Å²) in [7, 11) is 0. The Labute approximate surface area is 512 Å². The minimum Gasteiger partial charge on any atom is -0.463 e. The van der Waals surface area contributed by atoms with Gasteiger partial charge in [-0.2, -0.15) is 0 Å². The van der Waals surface area contributed by atoms with Crippen LogP contribution in [0.15, 0.2) is 88.0 Å². The molecule has 7 heterocycles. The lowest BCUT2D eigenvalue weighted by atomic mass is 10.2. The van der Waals surface area contributed by atoms with Crippen LogP contribution in [-0.4, -0.2) is 207 Å².